The maximum atomic E-state index is 5.14. The van der Waals surface area contributed by atoms with Crippen molar-refractivity contribution in [2.45, 2.75) is 45.4 Å². The third-order valence-corrected chi connectivity index (χ3v) is 4.35. The van der Waals surface area contributed by atoms with Gasteiger partial charge in [0.25, 0.3) is 0 Å². The van der Waals surface area contributed by atoms with Crippen LogP contribution in [-0.4, -0.2) is 7.11 Å². The SMILES string of the molecule is CCCC1CCC(/C=C/C#Cc2ccc(OC)cc2)CC1. The number of allylic oxidation sites excluding steroid dienone is 2. The zero-order chi connectivity index (χ0) is 14.9. The average Bonchev–Trinajstić information content (AvgIpc) is 2.54. The third-order valence-electron chi connectivity index (χ3n) is 4.35. The van der Waals surface area contributed by atoms with E-state index in [1.807, 2.05) is 30.3 Å². The van der Waals surface area contributed by atoms with Gasteiger partial charge in [-0.15, -0.1) is 0 Å². The summed E-state index contributed by atoms with van der Waals surface area (Å²) in [6.07, 6.45) is 12.6. The van der Waals surface area contributed by atoms with Crippen LogP contribution in [-0.2, 0) is 0 Å². The number of rotatable bonds is 4. The summed E-state index contributed by atoms with van der Waals surface area (Å²) in [5.41, 5.74) is 1.03. The number of benzene rings is 1. The molecule has 112 valence electrons. The van der Waals surface area contributed by atoms with Crippen molar-refractivity contribution in [2.24, 2.45) is 11.8 Å². The summed E-state index contributed by atoms with van der Waals surface area (Å²) in [6, 6.07) is 7.89. The molecule has 0 radical (unpaired) electrons. The molecule has 1 fully saturated rings. The fourth-order valence-electron chi connectivity index (χ4n) is 3.06. The van der Waals surface area contributed by atoms with Crippen LogP contribution in [0.1, 0.15) is 51.0 Å². The van der Waals surface area contributed by atoms with Gasteiger partial charge in [-0.05, 0) is 67.9 Å². The molecule has 2 rings (SSSR count). The second-order valence-corrected chi connectivity index (χ2v) is 5.93. The summed E-state index contributed by atoms with van der Waals surface area (Å²) < 4.78 is 5.14. The molecule has 0 spiro atoms. The van der Waals surface area contributed by atoms with Gasteiger partial charge in [-0.1, -0.05) is 37.7 Å². The summed E-state index contributed by atoms with van der Waals surface area (Å²) >= 11 is 0. The van der Waals surface area contributed by atoms with Crippen molar-refractivity contribution in [3.63, 3.8) is 0 Å². The number of hydrogen-bond acceptors (Lipinski definition) is 1. The van der Waals surface area contributed by atoms with E-state index in [-0.39, 0.29) is 0 Å². The van der Waals surface area contributed by atoms with Crippen LogP contribution >= 0.6 is 0 Å². The lowest BCUT2D eigenvalue weighted by Gasteiger charge is -2.26. The Hall–Kier alpha value is -1.68. The lowest BCUT2D eigenvalue weighted by atomic mass is 9.80. The molecular weight excluding hydrogens is 256 g/mol. The average molecular weight is 282 g/mol. The minimum absolute atomic E-state index is 0.739. The van der Waals surface area contributed by atoms with Crippen LogP contribution in [0.15, 0.2) is 36.4 Å². The van der Waals surface area contributed by atoms with E-state index in [0.717, 1.165) is 23.1 Å². The second-order valence-electron chi connectivity index (χ2n) is 5.93. The van der Waals surface area contributed by atoms with Crippen molar-refractivity contribution in [1.29, 1.82) is 0 Å². The van der Waals surface area contributed by atoms with Gasteiger partial charge in [-0.2, -0.15) is 0 Å². The number of hydrogen-bond donors (Lipinski definition) is 0. The van der Waals surface area contributed by atoms with Gasteiger partial charge in [0, 0.05) is 5.56 Å². The molecule has 1 saturated carbocycles. The second kappa shape index (κ2) is 8.57. The Labute approximate surface area is 129 Å². The highest BCUT2D eigenvalue weighted by molar-refractivity contribution is 5.40. The highest BCUT2D eigenvalue weighted by atomic mass is 16.5. The van der Waals surface area contributed by atoms with Gasteiger partial charge in [0.05, 0.1) is 7.11 Å². The normalized spacial score (nSPS) is 21.8. The molecule has 1 nitrogen and oxygen atoms in total. The maximum absolute atomic E-state index is 5.14. The number of methoxy groups -OCH3 is 1. The monoisotopic (exact) mass is 282 g/mol. The van der Waals surface area contributed by atoms with Crippen molar-refractivity contribution in [3.05, 3.63) is 42.0 Å². The van der Waals surface area contributed by atoms with Crippen molar-refractivity contribution < 1.29 is 4.74 Å². The van der Waals surface area contributed by atoms with E-state index in [9.17, 15) is 0 Å². The van der Waals surface area contributed by atoms with Gasteiger partial charge >= 0.3 is 0 Å². The Balaban J connectivity index is 1.79. The third kappa shape index (κ3) is 5.31. The topological polar surface area (TPSA) is 9.23 Å². The van der Waals surface area contributed by atoms with Crippen molar-refractivity contribution >= 4 is 0 Å². The van der Waals surface area contributed by atoms with Crippen LogP contribution in [0.3, 0.4) is 0 Å². The van der Waals surface area contributed by atoms with E-state index >= 15 is 0 Å². The van der Waals surface area contributed by atoms with E-state index in [1.54, 1.807) is 7.11 Å². The quantitative estimate of drug-likeness (QED) is 0.689. The molecule has 0 bridgehead atoms. The first-order valence-corrected chi connectivity index (χ1v) is 8.14. The van der Waals surface area contributed by atoms with E-state index in [0.29, 0.717) is 0 Å². The molecule has 1 heteroatoms. The van der Waals surface area contributed by atoms with Crippen molar-refractivity contribution in [3.8, 4) is 17.6 Å². The standard InChI is InChI=1S/C20H26O/c1-3-6-17-9-11-18(12-10-17)7-4-5-8-19-13-15-20(21-2)16-14-19/h4,7,13-18H,3,6,9-12H2,1-2H3/b7-4+. The molecule has 0 atom stereocenters. The predicted octanol–water partition coefficient (Wildman–Crippen LogP) is 5.21. The molecule has 0 heterocycles. The van der Waals surface area contributed by atoms with Gasteiger partial charge in [0.2, 0.25) is 0 Å². The molecule has 1 aromatic carbocycles. The predicted molar refractivity (Wildman–Crippen MR) is 89.4 cm³/mol. The van der Waals surface area contributed by atoms with Gasteiger partial charge < -0.3 is 4.74 Å². The van der Waals surface area contributed by atoms with Gasteiger partial charge in [-0.25, -0.2) is 0 Å². The van der Waals surface area contributed by atoms with E-state index < -0.39 is 0 Å². The summed E-state index contributed by atoms with van der Waals surface area (Å²) in [5, 5.41) is 0. The fourth-order valence-corrected chi connectivity index (χ4v) is 3.06. The van der Waals surface area contributed by atoms with Crippen LogP contribution in [0.2, 0.25) is 0 Å². The Morgan fingerprint density at radius 2 is 1.86 bits per heavy atom. The molecule has 1 aliphatic rings. The first kappa shape index (κ1) is 15.7. The first-order chi connectivity index (χ1) is 10.3. The largest absolute Gasteiger partial charge is 0.497 e. The van der Waals surface area contributed by atoms with E-state index in [1.165, 1.54) is 38.5 Å². The van der Waals surface area contributed by atoms with Gasteiger partial charge in [0.15, 0.2) is 0 Å². The van der Waals surface area contributed by atoms with Crippen molar-refractivity contribution in [2.75, 3.05) is 7.11 Å². The van der Waals surface area contributed by atoms with Gasteiger partial charge in [0.1, 0.15) is 5.75 Å². The first-order valence-electron chi connectivity index (χ1n) is 8.14. The number of ether oxygens (including phenoxy) is 1. The molecule has 0 saturated heterocycles. The maximum Gasteiger partial charge on any atom is 0.118 e. The Kier molecular flexibility index (Phi) is 6.41. The minimum atomic E-state index is 0.739. The van der Waals surface area contributed by atoms with Crippen molar-refractivity contribution in [1.82, 2.24) is 0 Å². The van der Waals surface area contributed by atoms with Crippen LogP contribution in [0.4, 0.5) is 0 Å². The molecule has 1 aliphatic carbocycles. The summed E-state index contributed by atoms with van der Waals surface area (Å²) in [6.45, 7) is 2.29. The zero-order valence-electron chi connectivity index (χ0n) is 13.3. The molecule has 0 unspecified atom stereocenters. The summed E-state index contributed by atoms with van der Waals surface area (Å²) in [5.74, 6) is 8.91. The smallest absolute Gasteiger partial charge is 0.118 e. The van der Waals surface area contributed by atoms with Crippen LogP contribution in [0.5, 0.6) is 5.75 Å². The highest BCUT2D eigenvalue weighted by Gasteiger charge is 2.18. The molecule has 0 aromatic heterocycles. The van der Waals surface area contributed by atoms with E-state index in [2.05, 4.69) is 24.8 Å². The Morgan fingerprint density at radius 1 is 1.14 bits per heavy atom. The Morgan fingerprint density at radius 3 is 2.48 bits per heavy atom. The van der Waals surface area contributed by atoms with Gasteiger partial charge in [-0.3, -0.25) is 0 Å². The Bertz CT molecular complexity index is 493. The molecule has 0 aliphatic heterocycles. The molecule has 0 amide bonds. The zero-order valence-corrected chi connectivity index (χ0v) is 13.3. The minimum Gasteiger partial charge on any atom is -0.497 e. The lowest BCUT2D eigenvalue weighted by Crippen LogP contribution is -2.12. The fraction of sp³-hybridized carbons (Fsp3) is 0.500. The van der Waals surface area contributed by atoms with Crippen LogP contribution in [0, 0.1) is 23.7 Å². The van der Waals surface area contributed by atoms with Crippen LogP contribution in [0.25, 0.3) is 0 Å². The summed E-state index contributed by atoms with van der Waals surface area (Å²) in [4.78, 5) is 0. The molecule has 21 heavy (non-hydrogen) atoms. The highest BCUT2D eigenvalue weighted by Crippen LogP contribution is 2.31. The van der Waals surface area contributed by atoms with E-state index in [4.69, 9.17) is 4.74 Å². The molecule has 1 aromatic rings. The lowest BCUT2D eigenvalue weighted by molar-refractivity contribution is 0.294. The summed E-state index contributed by atoms with van der Waals surface area (Å²) in [7, 11) is 1.68. The van der Waals surface area contributed by atoms with Crippen LogP contribution < -0.4 is 4.74 Å². The molecule has 0 N–H and O–H groups in total. The molecular formula is C20H26O.